The number of unbranched alkanes of at least 4 members (excludes halogenated alkanes) is 12. The zero-order valence-electron chi connectivity index (χ0n) is 42.6. The second-order valence-corrected chi connectivity index (χ2v) is 17.4. The molecule has 3 aromatic carbocycles. The molecule has 0 heterocycles. The highest BCUT2D eigenvalue weighted by Gasteiger charge is 2.38. The van der Waals surface area contributed by atoms with Crippen LogP contribution in [0.1, 0.15) is 157 Å². The second-order valence-electron chi connectivity index (χ2n) is 17.4. The summed E-state index contributed by atoms with van der Waals surface area (Å²) in [6.45, 7) is 16.1. The minimum Gasteiger partial charge on any atom is -0.490 e. The van der Waals surface area contributed by atoms with Gasteiger partial charge in [-0.25, -0.2) is 0 Å². The Kier molecular flexibility index (Phi) is 26.4. The first-order valence-corrected chi connectivity index (χ1v) is 26.0. The maximum absolute atomic E-state index is 14.3. The number of hydrogen-bond acceptors (Lipinski definition) is 12. The minimum absolute atomic E-state index is 0.215. The van der Waals surface area contributed by atoms with Crippen molar-refractivity contribution in [2.45, 2.75) is 157 Å². The summed E-state index contributed by atoms with van der Waals surface area (Å²) in [7, 11) is 0. The van der Waals surface area contributed by atoms with Gasteiger partial charge in [0.2, 0.25) is 17.3 Å². The molecule has 0 aliphatic heterocycles. The third-order valence-electron chi connectivity index (χ3n) is 11.5. The summed E-state index contributed by atoms with van der Waals surface area (Å²) in [5.74, 6) is 1.38. The molecule has 4 rings (SSSR count). The highest BCUT2D eigenvalue weighted by Crippen LogP contribution is 2.35. The lowest BCUT2D eigenvalue weighted by molar-refractivity contribution is -0.124. The summed E-state index contributed by atoms with van der Waals surface area (Å²) in [6.07, 6.45) is 22.3. The number of rotatable bonds is 36. The predicted molar refractivity (Wildman–Crippen MR) is 280 cm³/mol. The first-order valence-electron chi connectivity index (χ1n) is 26.0. The lowest BCUT2D eigenvalue weighted by atomic mass is 9.84. The van der Waals surface area contributed by atoms with E-state index in [1.165, 1.54) is 18.6 Å². The van der Waals surface area contributed by atoms with Crippen molar-refractivity contribution in [1.29, 1.82) is 0 Å². The Morgan fingerprint density at radius 1 is 0.319 bits per heavy atom. The number of anilines is 3. The quantitative estimate of drug-likeness (QED) is 0.0290. The molecule has 3 aromatic rings. The molecular formula is C57H81N3O9. The highest BCUT2D eigenvalue weighted by atomic mass is 16.5. The van der Waals surface area contributed by atoms with Crippen molar-refractivity contribution < 1.29 is 42.8 Å². The Labute approximate surface area is 413 Å². The number of carbonyl (C=O) groups is 3. The van der Waals surface area contributed by atoms with Crippen LogP contribution in [0.5, 0.6) is 34.5 Å². The molecule has 1 aliphatic rings. The van der Waals surface area contributed by atoms with Crippen LogP contribution in [0.2, 0.25) is 0 Å². The molecule has 1 aliphatic carbocycles. The van der Waals surface area contributed by atoms with Gasteiger partial charge in [0.1, 0.15) is 0 Å². The first-order chi connectivity index (χ1) is 33.8. The van der Waals surface area contributed by atoms with Gasteiger partial charge >= 0.3 is 0 Å². The summed E-state index contributed by atoms with van der Waals surface area (Å²) >= 11 is 0. The van der Waals surface area contributed by atoms with Crippen LogP contribution in [0.15, 0.2) is 89.9 Å². The highest BCUT2D eigenvalue weighted by molar-refractivity contribution is 6.51. The molecular weight excluding hydrogens is 871 g/mol. The average Bonchev–Trinajstić information content (AvgIpc) is 3.35. The van der Waals surface area contributed by atoms with E-state index in [4.69, 9.17) is 28.4 Å². The Morgan fingerprint density at radius 3 is 0.754 bits per heavy atom. The third kappa shape index (κ3) is 19.2. The molecule has 378 valence electrons. The van der Waals surface area contributed by atoms with E-state index in [1.54, 1.807) is 18.2 Å². The van der Waals surface area contributed by atoms with Crippen LogP contribution in [0.4, 0.5) is 17.1 Å². The van der Waals surface area contributed by atoms with Gasteiger partial charge in [0.25, 0.3) is 0 Å². The van der Waals surface area contributed by atoms with Crippen molar-refractivity contribution >= 4 is 34.4 Å². The summed E-state index contributed by atoms with van der Waals surface area (Å²) in [4.78, 5) is 43.0. The molecule has 0 bridgehead atoms. The smallest absolute Gasteiger partial charge is 0.203 e. The van der Waals surface area contributed by atoms with Crippen LogP contribution in [0, 0.1) is 0 Å². The van der Waals surface area contributed by atoms with Crippen molar-refractivity contribution in [3.8, 4) is 34.5 Å². The Bertz CT molecular complexity index is 1870. The maximum Gasteiger partial charge on any atom is 0.203 e. The minimum atomic E-state index is -0.728. The Balaban J connectivity index is 1.71. The number of ketones is 3. The molecule has 0 radical (unpaired) electrons. The van der Waals surface area contributed by atoms with Crippen molar-refractivity contribution in [1.82, 2.24) is 0 Å². The predicted octanol–water partition coefficient (Wildman–Crippen LogP) is 14.1. The number of ether oxygens (including phenoxy) is 6. The number of carbonyl (C=O) groups excluding carboxylic acids is 3. The van der Waals surface area contributed by atoms with Gasteiger partial charge in [-0.1, -0.05) is 119 Å². The first kappa shape index (κ1) is 55.7. The topological polar surface area (TPSA) is 143 Å². The number of hydrogen-bond donors (Lipinski definition) is 3. The molecule has 0 aromatic heterocycles. The van der Waals surface area contributed by atoms with Crippen LogP contribution >= 0.6 is 0 Å². The largest absolute Gasteiger partial charge is 0.490 e. The van der Waals surface area contributed by atoms with Gasteiger partial charge in [-0.3, -0.25) is 14.4 Å². The van der Waals surface area contributed by atoms with E-state index >= 15 is 0 Å². The third-order valence-corrected chi connectivity index (χ3v) is 11.5. The van der Waals surface area contributed by atoms with Crippen LogP contribution in [-0.2, 0) is 14.4 Å². The average molecular weight is 952 g/mol. The molecule has 1 fully saturated rings. The van der Waals surface area contributed by atoms with Crippen LogP contribution in [0.3, 0.4) is 0 Å². The van der Waals surface area contributed by atoms with Crippen molar-refractivity contribution in [2.75, 3.05) is 55.6 Å². The fraction of sp³-hybridized carbons (Fsp3) is 0.526. The molecule has 12 nitrogen and oxygen atoms in total. The van der Waals surface area contributed by atoms with Gasteiger partial charge in [0.05, 0.1) is 56.4 Å². The zero-order valence-corrected chi connectivity index (χ0v) is 42.6. The lowest BCUT2D eigenvalue weighted by Gasteiger charge is -2.19. The Hall–Kier alpha value is -5.91. The maximum atomic E-state index is 14.3. The monoisotopic (exact) mass is 952 g/mol. The molecule has 1 saturated carbocycles. The van der Waals surface area contributed by atoms with Crippen molar-refractivity contribution in [2.24, 2.45) is 0 Å². The van der Waals surface area contributed by atoms with Gasteiger partial charge < -0.3 is 44.4 Å². The Morgan fingerprint density at radius 2 is 0.536 bits per heavy atom. The van der Waals surface area contributed by atoms with Crippen molar-refractivity contribution in [3.63, 3.8) is 0 Å². The van der Waals surface area contributed by atoms with E-state index < -0.39 is 17.3 Å². The number of benzene rings is 3. The molecule has 0 atom stereocenters. The number of Topliss-reactive ketones (excluding diaryl/α,β-unsaturated/α-hetero) is 3. The fourth-order valence-electron chi connectivity index (χ4n) is 7.30. The van der Waals surface area contributed by atoms with E-state index in [-0.39, 0.29) is 16.7 Å². The summed E-state index contributed by atoms with van der Waals surface area (Å²) < 4.78 is 36.9. The van der Waals surface area contributed by atoms with E-state index in [0.29, 0.717) is 91.2 Å². The van der Waals surface area contributed by atoms with Gasteiger partial charge in [0, 0.05) is 53.9 Å². The lowest BCUT2D eigenvalue weighted by Crippen LogP contribution is -2.33. The second kappa shape index (κ2) is 32.8. The summed E-state index contributed by atoms with van der Waals surface area (Å²) in [5.41, 5.74) is 1.08. The zero-order chi connectivity index (χ0) is 49.5. The van der Waals surface area contributed by atoms with E-state index in [0.717, 1.165) is 116 Å². The molecule has 0 amide bonds. The molecule has 3 N–H and O–H groups in total. The fourth-order valence-corrected chi connectivity index (χ4v) is 7.30. The number of allylic oxidation sites excluding steroid dienone is 3. The molecule has 69 heavy (non-hydrogen) atoms. The van der Waals surface area contributed by atoms with E-state index in [1.807, 2.05) is 36.4 Å². The number of nitrogens with one attached hydrogen (secondary N) is 3. The van der Waals surface area contributed by atoms with Crippen molar-refractivity contribution in [3.05, 3.63) is 89.9 Å². The van der Waals surface area contributed by atoms with Gasteiger partial charge in [-0.05, 0) is 74.9 Å². The van der Waals surface area contributed by atoms with Gasteiger partial charge in [-0.15, -0.1) is 0 Å². The normalized spacial score (nSPS) is 12.4. The molecule has 12 heteroatoms. The molecule has 0 unspecified atom stereocenters. The molecule has 0 saturated heterocycles. The van der Waals surface area contributed by atoms with Gasteiger partial charge in [-0.2, -0.15) is 0 Å². The van der Waals surface area contributed by atoms with E-state index in [2.05, 4.69) is 57.5 Å². The standard InChI is InChI=1S/C57H81N3O9/c1-7-13-19-31-64-49-28-25-43(37-52(49)67-34-22-16-10-4)58-40-46-55(61)47(41-59-44-26-29-50(65-32-20-14-8-2)53(38-44)68-35-23-17-11-5)57(63)48(56(46)62)42-60-45-27-30-51(66-33-21-15-9-3)54(39-45)69-36-24-18-12-6/h25-30,37-42,58-60H,7-24,31-36H2,1-6H3. The van der Waals surface area contributed by atoms with Crippen LogP contribution < -0.4 is 44.4 Å². The van der Waals surface area contributed by atoms with Gasteiger partial charge in [0.15, 0.2) is 34.5 Å². The van der Waals surface area contributed by atoms with Crippen LogP contribution in [-0.4, -0.2) is 57.0 Å². The summed E-state index contributed by atoms with van der Waals surface area (Å²) in [6, 6.07) is 16.3. The SMILES string of the molecule is CCCCCOc1ccc(NC=C2C(=O)C(=CNc3ccc(OCCCCC)c(OCCCCC)c3)C(=O)C(=CNc3ccc(OCCCCC)c(OCCCCC)c3)C2=O)cc1OCCCCC. The summed E-state index contributed by atoms with van der Waals surface area (Å²) in [5, 5.41) is 9.45. The van der Waals surface area contributed by atoms with Crippen LogP contribution in [0.25, 0.3) is 0 Å². The van der Waals surface area contributed by atoms with E-state index in [9.17, 15) is 14.4 Å². The molecule has 0 spiro atoms.